The highest BCUT2D eigenvalue weighted by atomic mass is 79.9. The number of nitro benzene ring substituents is 1. The molecule has 0 bridgehead atoms. The molecule has 202 valence electrons. The lowest BCUT2D eigenvalue weighted by Gasteiger charge is -2.20. The van der Waals surface area contributed by atoms with E-state index in [4.69, 9.17) is 0 Å². The standard InChI is InChI=1S/C22H22Br2N6O8/c23-11-3-15(20(35)16(24)4-11)17(6-19(33)34)29-18(32)9-25-21(36)10-1-12(5-13(2-10)30(37)38)28-22-26-7-14(31)8-27-22/h1-5,14,17,31,35H,6-9H2,(H,25,36)(H,29,32)(H,33,34)(H2,26,27,28)/t17-/m0/s1. The molecule has 1 aliphatic heterocycles. The Kier molecular flexibility index (Phi) is 9.60. The molecule has 16 heteroatoms. The van der Waals surface area contributed by atoms with Crippen LogP contribution in [0.3, 0.4) is 0 Å². The number of anilines is 1. The predicted octanol–water partition coefficient (Wildman–Crippen LogP) is 1.62. The van der Waals surface area contributed by atoms with Crippen molar-refractivity contribution < 1.29 is 34.6 Å². The summed E-state index contributed by atoms with van der Waals surface area (Å²) >= 11 is 6.40. The second-order valence-electron chi connectivity index (χ2n) is 8.10. The number of aliphatic imine (C=N–C) groups is 1. The van der Waals surface area contributed by atoms with Gasteiger partial charge >= 0.3 is 5.97 Å². The van der Waals surface area contributed by atoms with Crippen LogP contribution in [-0.2, 0) is 9.59 Å². The number of carboxylic acids is 1. The fourth-order valence-electron chi connectivity index (χ4n) is 3.44. The monoisotopic (exact) mass is 656 g/mol. The Morgan fingerprint density at radius 2 is 1.95 bits per heavy atom. The summed E-state index contributed by atoms with van der Waals surface area (Å²) in [5, 5.41) is 50.9. The van der Waals surface area contributed by atoms with Crippen LogP contribution in [-0.4, -0.2) is 69.7 Å². The molecule has 2 aromatic rings. The first-order valence-electron chi connectivity index (χ1n) is 10.9. The number of guanidine groups is 1. The third-order valence-corrected chi connectivity index (χ3v) is 6.24. The topological polar surface area (TPSA) is 216 Å². The molecule has 0 saturated heterocycles. The van der Waals surface area contributed by atoms with Crippen LogP contribution in [0.25, 0.3) is 0 Å². The molecule has 0 aliphatic carbocycles. The van der Waals surface area contributed by atoms with Crippen molar-refractivity contribution in [3.63, 3.8) is 0 Å². The number of carboxylic acid groups (broad SMARTS) is 1. The van der Waals surface area contributed by atoms with Crippen LogP contribution < -0.4 is 21.3 Å². The lowest BCUT2D eigenvalue weighted by atomic mass is 10.0. The Bertz CT molecular complexity index is 1300. The van der Waals surface area contributed by atoms with E-state index < -0.39 is 53.5 Å². The van der Waals surface area contributed by atoms with Crippen LogP contribution >= 0.6 is 31.9 Å². The minimum atomic E-state index is -1.24. The van der Waals surface area contributed by atoms with Gasteiger partial charge in [-0.25, -0.2) is 0 Å². The van der Waals surface area contributed by atoms with Crippen molar-refractivity contribution >= 4 is 67.0 Å². The normalized spacial score (nSPS) is 15.4. The third kappa shape index (κ3) is 7.87. The van der Waals surface area contributed by atoms with E-state index in [9.17, 15) is 39.8 Å². The number of aliphatic hydroxyl groups excluding tert-OH is 1. The number of phenols is 1. The van der Waals surface area contributed by atoms with Crippen molar-refractivity contribution in [3.05, 3.63) is 60.5 Å². The first-order valence-corrected chi connectivity index (χ1v) is 12.5. The molecule has 2 atom stereocenters. The predicted molar refractivity (Wildman–Crippen MR) is 142 cm³/mol. The fourth-order valence-corrected chi connectivity index (χ4v) is 4.70. The Labute approximate surface area is 231 Å². The summed E-state index contributed by atoms with van der Waals surface area (Å²) in [7, 11) is 0. The lowest BCUT2D eigenvalue weighted by molar-refractivity contribution is -0.384. The van der Waals surface area contributed by atoms with Gasteiger partial charge in [-0.1, -0.05) is 15.9 Å². The van der Waals surface area contributed by atoms with Crippen molar-refractivity contribution in [3.8, 4) is 5.75 Å². The van der Waals surface area contributed by atoms with E-state index in [1.807, 2.05) is 0 Å². The van der Waals surface area contributed by atoms with Crippen molar-refractivity contribution in [2.24, 2.45) is 4.99 Å². The number of aliphatic carboxylic acids is 1. The second-order valence-corrected chi connectivity index (χ2v) is 9.87. The van der Waals surface area contributed by atoms with Crippen LogP contribution in [0.4, 0.5) is 11.4 Å². The van der Waals surface area contributed by atoms with Gasteiger partial charge in [0, 0.05) is 40.0 Å². The van der Waals surface area contributed by atoms with Gasteiger partial charge in [0.2, 0.25) is 5.91 Å². The van der Waals surface area contributed by atoms with Gasteiger partial charge in [-0.15, -0.1) is 0 Å². The Morgan fingerprint density at radius 1 is 1.21 bits per heavy atom. The molecule has 1 heterocycles. The molecule has 38 heavy (non-hydrogen) atoms. The highest BCUT2D eigenvalue weighted by Gasteiger charge is 2.24. The number of aromatic hydroxyl groups is 1. The van der Waals surface area contributed by atoms with Gasteiger partial charge in [-0.2, -0.15) is 0 Å². The Hall–Kier alpha value is -3.76. The van der Waals surface area contributed by atoms with Crippen LogP contribution in [0, 0.1) is 10.1 Å². The minimum absolute atomic E-state index is 0.124. The van der Waals surface area contributed by atoms with E-state index in [1.54, 1.807) is 6.07 Å². The van der Waals surface area contributed by atoms with Crippen LogP contribution in [0.2, 0.25) is 0 Å². The number of carbonyl (C=O) groups excluding carboxylic acids is 2. The number of benzene rings is 2. The molecule has 2 aromatic carbocycles. The first kappa shape index (κ1) is 28.8. The molecule has 0 radical (unpaired) electrons. The molecule has 1 aliphatic rings. The first-order chi connectivity index (χ1) is 17.9. The maximum atomic E-state index is 12.7. The molecular formula is C22H22Br2N6O8. The number of carbonyl (C=O) groups is 3. The van der Waals surface area contributed by atoms with Crippen LogP contribution in [0.1, 0.15) is 28.4 Å². The quantitative estimate of drug-likeness (QED) is 0.153. The summed E-state index contributed by atoms with van der Waals surface area (Å²) in [4.78, 5) is 51.4. The molecule has 0 saturated carbocycles. The van der Waals surface area contributed by atoms with Gasteiger partial charge in [0.1, 0.15) is 5.75 Å². The summed E-state index contributed by atoms with van der Waals surface area (Å²) in [5.74, 6) is -2.80. The van der Waals surface area contributed by atoms with Crippen molar-refractivity contribution in [2.45, 2.75) is 18.6 Å². The SMILES string of the molecule is O=C(O)C[C@H](NC(=O)CNC(=O)c1cc(NC2=NCC(O)CN2)cc([N+](=O)[O-])c1)c1cc(Br)cc(Br)c1O. The van der Waals surface area contributed by atoms with E-state index in [2.05, 4.69) is 58.1 Å². The molecular weight excluding hydrogens is 636 g/mol. The van der Waals surface area contributed by atoms with Gasteiger partial charge in [0.05, 0.1) is 41.1 Å². The number of halogens is 2. The second kappa shape index (κ2) is 12.7. The highest BCUT2D eigenvalue weighted by Crippen LogP contribution is 2.36. The number of nitro groups is 1. The van der Waals surface area contributed by atoms with Gasteiger partial charge < -0.3 is 36.6 Å². The highest BCUT2D eigenvalue weighted by molar-refractivity contribution is 9.11. The molecule has 0 aromatic heterocycles. The zero-order valence-corrected chi connectivity index (χ0v) is 22.6. The molecule has 0 fully saturated rings. The number of hydrogen-bond acceptors (Lipinski definition) is 10. The summed E-state index contributed by atoms with van der Waals surface area (Å²) < 4.78 is 0.802. The number of hydrogen-bond donors (Lipinski definition) is 7. The Balaban J connectivity index is 1.72. The minimum Gasteiger partial charge on any atom is -0.506 e. The summed E-state index contributed by atoms with van der Waals surface area (Å²) in [5.41, 5.74) is -0.206. The molecule has 14 nitrogen and oxygen atoms in total. The molecule has 3 rings (SSSR count). The Morgan fingerprint density at radius 3 is 2.58 bits per heavy atom. The van der Waals surface area contributed by atoms with Gasteiger partial charge in [-0.3, -0.25) is 29.5 Å². The largest absolute Gasteiger partial charge is 0.506 e. The summed E-state index contributed by atoms with van der Waals surface area (Å²) in [6.45, 7) is -0.229. The smallest absolute Gasteiger partial charge is 0.305 e. The number of phenolic OH excluding ortho intramolecular Hbond substituents is 1. The fraction of sp³-hybridized carbons (Fsp3) is 0.273. The van der Waals surface area contributed by atoms with Gasteiger partial charge in [-0.05, 0) is 34.1 Å². The van der Waals surface area contributed by atoms with Crippen molar-refractivity contribution in [2.75, 3.05) is 25.0 Å². The molecule has 7 N–H and O–H groups in total. The molecule has 0 spiro atoms. The van der Waals surface area contributed by atoms with Gasteiger partial charge in [0.25, 0.3) is 11.6 Å². The maximum Gasteiger partial charge on any atom is 0.305 e. The summed E-state index contributed by atoms with van der Waals surface area (Å²) in [6.07, 6.45) is -1.22. The zero-order chi connectivity index (χ0) is 28.0. The van der Waals surface area contributed by atoms with E-state index in [-0.39, 0.29) is 46.1 Å². The number of rotatable bonds is 9. The number of aliphatic hydroxyl groups is 1. The van der Waals surface area contributed by atoms with E-state index in [0.29, 0.717) is 4.47 Å². The van der Waals surface area contributed by atoms with E-state index >= 15 is 0 Å². The van der Waals surface area contributed by atoms with Crippen LogP contribution in [0.15, 0.2) is 44.3 Å². The number of amides is 2. The summed E-state index contributed by atoms with van der Waals surface area (Å²) in [6, 6.07) is 5.42. The molecule has 2 amide bonds. The molecule has 1 unspecified atom stereocenters. The van der Waals surface area contributed by atoms with Gasteiger partial charge in [0.15, 0.2) is 5.96 Å². The zero-order valence-electron chi connectivity index (χ0n) is 19.4. The lowest BCUT2D eigenvalue weighted by Crippen LogP contribution is -2.42. The average molecular weight is 658 g/mol. The number of nitrogens with zero attached hydrogens (tertiary/aromatic N) is 2. The average Bonchev–Trinajstić information content (AvgIpc) is 2.85. The maximum absolute atomic E-state index is 12.7. The van der Waals surface area contributed by atoms with Crippen molar-refractivity contribution in [1.29, 1.82) is 0 Å². The third-order valence-electron chi connectivity index (χ3n) is 5.18. The number of nitrogens with one attached hydrogen (secondary N) is 4. The van der Waals surface area contributed by atoms with Crippen LogP contribution in [0.5, 0.6) is 5.75 Å². The van der Waals surface area contributed by atoms with E-state index in [0.717, 1.165) is 6.07 Å². The van der Waals surface area contributed by atoms with Crippen molar-refractivity contribution in [1.82, 2.24) is 16.0 Å². The number of β-amino-alcohol motifs (C(OH)–C–C–N with tert-alkyl or cyclic N) is 1. The van der Waals surface area contributed by atoms with E-state index in [1.165, 1.54) is 18.2 Å². The number of non-ortho nitro benzene ring substituents is 1.